The molecule has 112 valence electrons. The third-order valence-corrected chi connectivity index (χ3v) is 5.01. The summed E-state index contributed by atoms with van der Waals surface area (Å²) in [7, 11) is 1.71. The fourth-order valence-corrected chi connectivity index (χ4v) is 3.91. The van der Waals surface area contributed by atoms with Crippen molar-refractivity contribution in [2.24, 2.45) is 5.92 Å². The summed E-state index contributed by atoms with van der Waals surface area (Å²) in [6.45, 7) is 0. The summed E-state index contributed by atoms with van der Waals surface area (Å²) in [4.78, 5) is 0. The van der Waals surface area contributed by atoms with Crippen molar-refractivity contribution in [3.8, 4) is 5.75 Å². The molecule has 0 fully saturated rings. The SMILES string of the molecule is COc1cccc(C2Nc3ccc(Cl)cc3C3C=CCC32)c1. The molecule has 0 radical (unpaired) electrons. The summed E-state index contributed by atoms with van der Waals surface area (Å²) in [5.41, 5.74) is 3.77. The lowest BCUT2D eigenvalue weighted by atomic mass is 9.77. The van der Waals surface area contributed by atoms with Gasteiger partial charge in [-0.1, -0.05) is 35.9 Å². The summed E-state index contributed by atoms with van der Waals surface area (Å²) in [6, 6.07) is 14.8. The zero-order valence-electron chi connectivity index (χ0n) is 12.4. The van der Waals surface area contributed by atoms with Gasteiger partial charge in [-0.05, 0) is 53.8 Å². The summed E-state index contributed by atoms with van der Waals surface area (Å²) in [6.07, 6.45) is 5.71. The number of rotatable bonds is 2. The average molecular weight is 312 g/mol. The van der Waals surface area contributed by atoms with Gasteiger partial charge in [0.25, 0.3) is 0 Å². The highest BCUT2D eigenvalue weighted by molar-refractivity contribution is 6.30. The van der Waals surface area contributed by atoms with Gasteiger partial charge in [0.15, 0.2) is 0 Å². The second-order valence-electron chi connectivity index (χ2n) is 5.98. The van der Waals surface area contributed by atoms with E-state index in [1.165, 1.54) is 16.8 Å². The molecule has 2 aliphatic rings. The Morgan fingerprint density at radius 2 is 2.09 bits per heavy atom. The molecule has 0 amide bonds. The minimum atomic E-state index is 0.295. The summed E-state index contributed by atoms with van der Waals surface area (Å²) >= 11 is 6.19. The van der Waals surface area contributed by atoms with Crippen LogP contribution in [0, 0.1) is 5.92 Å². The quantitative estimate of drug-likeness (QED) is 0.772. The number of benzene rings is 2. The molecule has 0 spiro atoms. The van der Waals surface area contributed by atoms with E-state index in [0.717, 1.165) is 17.2 Å². The van der Waals surface area contributed by atoms with Gasteiger partial charge < -0.3 is 10.1 Å². The lowest BCUT2D eigenvalue weighted by molar-refractivity contribution is 0.406. The maximum Gasteiger partial charge on any atom is 0.119 e. The van der Waals surface area contributed by atoms with Gasteiger partial charge in [0, 0.05) is 16.6 Å². The molecule has 0 saturated heterocycles. The van der Waals surface area contributed by atoms with Gasteiger partial charge in [-0.2, -0.15) is 0 Å². The van der Waals surface area contributed by atoms with Crippen LogP contribution in [-0.4, -0.2) is 7.11 Å². The van der Waals surface area contributed by atoms with Gasteiger partial charge >= 0.3 is 0 Å². The maximum atomic E-state index is 6.19. The molecule has 3 heteroatoms. The van der Waals surface area contributed by atoms with Crippen LogP contribution < -0.4 is 10.1 Å². The van der Waals surface area contributed by atoms with Crippen LogP contribution in [0.3, 0.4) is 0 Å². The maximum absolute atomic E-state index is 6.19. The van der Waals surface area contributed by atoms with Gasteiger partial charge in [0.1, 0.15) is 5.75 Å². The smallest absolute Gasteiger partial charge is 0.119 e. The molecule has 2 nitrogen and oxygen atoms in total. The summed E-state index contributed by atoms with van der Waals surface area (Å²) < 4.78 is 5.38. The Morgan fingerprint density at radius 3 is 2.95 bits per heavy atom. The van der Waals surface area contributed by atoms with Crippen molar-refractivity contribution in [3.05, 3.63) is 70.8 Å². The molecule has 3 atom stereocenters. The highest BCUT2D eigenvalue weighted by Crippen LogP contribution is 2.50. The number of ether oxygens (including phenoxy) is 1. The Hall–Kier alpha value is -1.93. The molecule has 2 aromatic carbocycles. The number of fused-ring (bicyclic) bond motifs is 3. The Labute approximate surface area is 135 Å². The van der Waals surface area contributed by atoms with Crippen LogP contribution >= 0.6 is 11.6 Å². The van der Waals surface area contributed by atoms with Crippen LogP contribution in [0.25, 0.3) is 0 Å². The van der Waals surface area contributed by atoms with Crippen molar-refractivity contribution in [1.29, 1.82) is 0 Å². The number of anilines is 1. The predicted octanol–water partition coefficient (Wildman–Crippen LogP) is 5.18. The molecular weight excluding hydrogens is 294 g/mol. The fraction of sp³-hybridized carbons (Fsp3) is 0.263. The number of allylic oxidation sites excluding steroid dienone is 2. The molecule has 1 N–H and O–H groups in total. The summed E-state index contributed by atoms with van der Waals surface area (Å²) in [5, 5.41) is 4.51. The van der Waals surface area contributed by atoms with E-state index in [9.17, 15) is 0 Å². The molecule has 2 aromatic rings. The van der Waals surface area contributed by atoms with Crippen LogP contribution in [-0.2, 0) is 0 Å². The van der Waals surface area contributed by atoms with E-state index in [1.807, 2.05) is 12.1 Å². The van der Waals surface area contributed by atoms with Crippen LogP contribution in [0.4, 0.5) is 5.69 Å². The Balaban J connectivity index is 1.77. The first-order valence-electron chi connectivity index (χ1n) is 7.63. The molecule has 1 aliphatic heterocycles. The molecule has 1 aliphatic carbocycles. The Kier molecular flexibility index (Phi) is 3.34. The normalized spacial score (nSPS) is 25.3. The second-order valence-corrected chi connectivity index (χ2v) is 6.42. The number of hydrogen-bond acceptors (Lipinski definition) is 2. The highest BCUT2D eigenvalue weighted by Gasteiger charge is 2.37. The molecule has 1 heterocycles. The van der Waals surface area contributed by atoms with Crippen molar-refractivity contribution in [1.82, 2.24) is 0 Å². The first-order chi connectivity index (χ1) is 10.8. The standard InChI is InChI=1S/C19H18ClNO/c1-22-14-5-2-4-12(10-14)19-16-7-3-6-15(16)17-11-13(20)8-9-18(17)21-19/h2-6,8-11,15-16,19,21H,7H2,1H3. The highest BCUT2D eigenvalue weighted by atomic mass is 35.5. The van der Waals surface area contributed by atoms with Crippen molar-refractivity contribution in [2.45, 2.75) is 18.4 Å². The van der Waals surface area contributed by atoms with Crippen LogP contribution in [0.1, 0.15) is 29.5 Å². The lowest BCUT2D eigenvalue weighted by Gasteiger charge is -2.37. The third-order valence-electron chi connectivity index (χ3n) is 4.78. The van der Waals surface area contributed by atoms with Crippen LogP contribution in [0.5, 0.6) is 5.75 Å². The van der Waals surface area contributed by atoms with E-state index in [4.69, 9.17) is 16.3 Å². The van der Waals surface area contributed by atoms with Gasteiger partial charge in [0.05, 0.1) is 13.2 Å². The van der Waals surface area contributed by atoms with Gasteiger partial charge in [-0.3, -0.25) is 0 Å². The number of hydrogen-bond donors (Lipinski definition) is 1. The molecular formula is C19H18ClNO. The topological polar surface area (TPSA) is 21.3 Å². The zero-order chi connectivity index (χ0) is 15.1. The lowest BCUT2D eigenvalue weighted by Crippen LogP contribution is -2.29. The number of methoxy groups -OCH3 is 1. The van der Waals surface area contributed by atoms with E-state index in [0.29, 0.717) is 17.9 Å². The molecule has 0 bridgehead atoms. The first-order valence-corrected chi connectivity index (χ1v) is 8.00. The Morgan fingerprint density at radius 1 is 1.18 bits per heavy atom. The van der Waals surface area contributed by atoms with E-state index in [-0.39, 0.29) is 0 Å². The van der Waals surface area contributed by atoms with E-state index >= 15 is 0 Å². The minimum absolute atomic E-state index is 0.295. The van der Waals surface area contributed by atoms with Crippen LogP contribution in [0.15, 0.2) is 54.6 Å². The van der Waals surface area contributed by atoms with Gasteiger partial charge in [-0.25, -0.2) is 0 Å². The van der Waals surface area contributed by atoms with Crippen molar-refractivity contribution < 1.29 is 4.74 Å². The molecule has 0 aromatic heterocycles. The average Bonchev–Trinajstić information content (AvgIpc) is 3.04. The first kappa shape index (κ1) is 13.7. The predicted molar refractivity (Wildman–Crippen MR) is 90.8 cm³/mol. The van der Waals surface area contributed by atoms with E-state index < -0.39 is 0 Å². The van der Waals surface area contributed by atoms with Crippen molar-refractivity contribution in [3.63, 3.8) is 0 Å². The minimum Gasteiger partial charge on any atom is -0.497 e. The van der Waals surface area contributed by atoms with Gasteiger partial charge in [0.2, 0.25) is 0 Å². The molecule has 3 unspecified atom stereocenters. The van der Waals surface area contributed by atoms with Crippen molar-refractivity contribution >= 4 is 17.3 Å². The largest absolute Gasteiger partial charge is 0.497 e. The molecule has 0 saturated carbocycles. The van der Waals surface area contributed by atoms with Crippen molar-refractivity contribution in [2.75, 3.05) is 12.4 Å². The van der Waals surface area contributed by atoms with E-state index in [2.05, 4.69) is 47.8 Å². The molecule has 22 heavy (non-hydrogen) atoms. The zero-order valence-corrected chi connectivity index (χ0v) is 13.2. The fourth-order valence-electron chi connectivity index (χ4n) is 3.73. The number of halogens is 1. The van der Waals surface area contributed by atoms with E-state index in [1.54, 1.807) is 7.11 Å². The van der Waals surface area contributed by atoms with Crippen LogP contribution in [0.2, 0.25) is 5.02 Å². The number of nitrogens with one attached hydrogen (secondary N) is 1. The summed E-state index contributed by atoms with van der Waals surface area (Å²) in [5.74, 6) is 1.87. The molecule has 4 rings (SSSR count). The monoisotopic (exact) mass is 311 g/mol. The Bertz CT molecular complexity index is 740. The second kappa shape index (κ2) is 5.36. The van der Waals surface area contributed by atoms with Gasteiger partial charge in [-0.15, -0.1) is 0 Å². The third kappa shape index (κ3) is 2.19.